The Balaban J connectivity index is 1.98. The van der Waals surface area contributed by atoms with Crippen molar-refractivity contribution in [2.45, 2.75) is 19.3 Å². The first-order chi connectivity index (χ1) is 9.66. The number of carbonyl (C=O) groups is 1. The molecule has 1 aliphatic heterocycles. The summed E-state index contributed by atoms with van der Waals surface area (Å²) in [6.45, 7) is 0.962. The third kappa shape index (κ3) is 4.16. The first-order valence-electron chi connectivity index (χ1n) is 6.68. The molecule has 2 N–H and O–H groups in total. The number of hydrogen-bond acceptors (Lipinski definition) is 3. The van der Waals surface area contributed by atoms with Crippen molar-refractivity contribution in [2.75, 3.05) is 25.0 Å². The molecule has 6 heteroatoms. The molecule has 0 atom stereocenters. The van der Waals surface area contributed by atoms with Crippen LogP contribution in [0.5, 0.6) is 5.75 Å². The van der Waals surface area contributed by atoms with Crippen LogP contribution in [0.3, 0.4) is 0 Å². The zero-order valence-electron chi connectivity index (χ0n) is 11.1. The van der Waals surface area contributed by atoms with Crippen molar-refractivity contribution in [1.82, 2.24) is 5.32 Å². The standard InChI is InChI=1S/C14H18F2N2O2/c15-13(16)9-20-12-4-2-1-3-11(12)18-14(19)10-5-7-17-8-6-10/h1-4,10,13,17H,5-9H2,(H,18,19). The van der Waals surface area contributed by atoms with Crippen LogP contribution in [0.15, 0.2) is 24.3 Å². The predicted octanol–water partition coefficient (Wildman–Crippen LogP) is 2.27. The number of anilines is 1. The number of piperidine rings is 1. The number of rotatable bonds is 5. The van der Waals surface area contributed by atoms with Gasteiger partial charge in [-0.1, -0.05) is 12.1 Å². The highest BCUT2D eigenvalue weighted by Gasteiger charge is 2.21. The van der Waals surface area contributed by atoms with Gasteiger partial charge in [0.15, 0.2) is 0 Å². The smallest absolute Gasteiger partial charge is 0.272 e. The van der Waals surface area contributed by atoms with E-state index in [9.17, 15) is 13.6 Å². The SMILES string of the molecule is O=C(Nc1ccccc1OCC(F)F)C1CCNCC1. The van der Waals surface area contributed by atoms with Crippen LogP contribution < -0.4 is 15.4 Å². The second kappa shape index (κ2) is 7.19. The summed E-state index contributed by atoms with van der Waals surface area (Å²) < 4.78 is 29.4. The van der Waals surface area contributed by atoms with Crippen molar-refractivity contribution in [1.29, 1.82) is 0 Å². The van der Waals surface area contributed by atoms with Crippen LogP contribution in [0.25, 0.3) is 0 Å². The van der Waals surface area contributed by atoms with Crippen molar-refractivity contribution < 1.29 is 18.3 Å². The van der Waals surface area contributed by atoms with Crippen molar-refractivity contribution in [2.24, 2.45) is 5.92 Å². The largest absolute Gasteiger partial charge is 0.485 e. The van der Waals surface area contributed by atoms with E-state index in [2.05, 4.69) is 10.6 Å². The Hall–Kier alpha value is -1.69. The topological polar surface area (TPSA) is 50.4 Å². The fraction of sp³-hybridized carbons (Fsp3) is 0.500. The molecule has 0 aliphatic carbocycles. The molecule has 0 spiro atoms. The average Bonchev–Trinajstić information content (AvgIpc) is 2.47. The van der Waals surface area contributed by atoms with Gasteiger partial charge in [-0.2, -0.15) is 0 Å². The van der Waals surface area contributed by atoms with Gasteiger partial charge in [0.05, 0.1) is 5.69 Å². The minimum atomic E-state index is -2.54. The summed E-state index contributed by atoms with van der Waals surface area (Å²) in [5.41, 5.74) is 0.441. The van der Waals surface area contributed by atoms with E-state index >= 15 is 0 Å². The number of hydrogen-bond donors (Lipinski definition) is 2. The van der Waals surface area contributed by atoms with Crippen LogP contribution in [0.4, 0.5) is 14.5 Å². The number of benzene rings is 1. The maximum absolute atomic E-state index is 12.2. The molecule has 1 saturated heterocycles. The number of amides is 1. The fourth-order valence-corrected chi connectivity index (χ4v) is 2.17. The van der Waals surface area contributed by atoms with E-state index in [1.807, 2.05) is 0 Å². The van der Waals surface area contributed by atoms with E-state index in [0.29, 0.717) is 5.69 Å². The van der Waals surface area contributed by atoms with Crippen LogP contribution in [0, 0.1) is 5.92 Å². The molecule has 0 radical (unpaired) electrons. The van der Waals surface area contributed by atoms with Gasteiger partial charge in [0.2, 0.25) is 5.91 Å². The van der Waals surface area contributed by atoms with Gasteiger partial charge in [0.25, 0.3) is 6.43 Å². The van der Waals surface area contributed by atoms with Crippen LogP contribution in [0.1, 0.15) is 12.8 Å². The molecule has 1 amide bonds. The van der Waals surface area contributed by atoms with E-state index in [1.54, 1.807) is 24.3 Å². The van der Waals surface area contributed by atoms with E-state index in [1.165, 1.54) is 0 Å². The van der Waals surface area contributed by atoms with Gasteiger partial charge in [-0.3, -0.25) is 4.79 Å². The molecule has 0 saturated carbocycles. The summed E-state index contributed by atoms with van der Waals surface area (Å²) in [6.07, 6.45) is -0.971. The average molecular weight is 284 g/mol. The van der Waals surface area contributed by atoms with Gasteiger partial charge in [-0.15, -0.1) is 0 Å². The molecule has 1 heterocycles. The molecule has 4 nitrogen and oxygen atoms in total. The molecule has 0 bridgehead atoms. The lowest BCUT2D eigenvalue weighted by molar-refractivity contribution is -0.120. The van der Waals surface area contributed by atoms with Gasteiger partial charge in [-0.05, 0) is 38.1 Å². The lowest BCUT2D eigenvalue weighted by Crippen LogP contribution is -2.34. The fourth-order valence-electron chi connectivity index (χ4n) is 2.17. The van der Waals surface area contributed by atoms with E-state index in [-0.39, 0.29) is 17.6 Å². The number of para-hydroxylation sites is 2. The van der Waals surface area contributed by atoms with Gasteiger partial charge in [0, 0.05) is 5.92 Å². The highest BCUT2D eigenvalue weighted by Crippen LogP contribution is 2.25. The number of carbonyl (C=O) groups excluding carboxylic acids is 1. The van der Waals surface area contributed by atoms with E-state index in [0.717, 1.165) is 25.9 Å². The van der Waals surface area contributed by atoms with Crippen molar-refractivity contribution >= 4 is 11.6 Å². The molecule has 110 valence electrons. The van der Waals surface area contributed by atoms with Gasteiger partial charge < -0.3 is 15.4 Å². The van der Waals surface area contributed by atoms with Gasteiger partial charge in [-0.25, -0.2) is 8.78 Å². The van der Waals surface area contributed by atoms with Gasteiger partial charge in [0.1, 0.15) is 12.4 Å². The molecule has 1 aromatic carbocycles. The van der Waals surface area contributed by atoms with Crippen molar-refractivity contribution in [3.05, 3.63) is 24.3 Å². The summed E-state index contributed by atoms with van der Waals surface area (Å²) in [7, 11) is 0. The second-order valence-electron chi connectivity index (χ2n) is 4.71. The molecular formula is C14H18F2N2O2. The summed E-state index contributed by atoms with van der Waals surface area (Å²) in [4.78, 5) is 12.1. The minimum absolute atomic E-state index is 0.0422. The van der Waals surface area contributed by atoms with Crippen molar-refractivity contribution in [3.63, 3.8) is 0 Å². The number of halogens is 2. The van der Waals surface area contributed by atoms with Crippen molar-refractivity contribution in [3.8, 4) is 5.75 Å². The molecule has 1 fully saturated rings. The maximum Gasteiger partial charge on any atom is 0.272 e. The molecule has 0 aromatic heterocycles. The number of nitrogens with one attached hydrogen (secondary N) is 2. The van der Waals surface area contributed by atoms with Crippen LogP contribution in [-0.2, 0) is 4.79 Å². The Kier molecular flexibility index (Phi) is 5.29. The lowest BCUT2D eigenvalue weighted by atomic mass is 9.97. The lowest BCUT2D eigenvalue weighted by Gasteiger charge is -2.22. The quantitative estimate of drug-likeness (QED) is 0.872. The molecule has 20 heavy (non-hydrogen) atoms. The Morgan fingerprint density at radius 2 is 2.05 bits per heavy atom. The Morgan fingerprint density at radius 3 is 2.75 bits per heavy atom. The Labute approximate surface area is 116 Å². The third-order valence-corrected chi connectivity index (χ3v) is 3.22. The van der Waals surface area contributed by atoms with Crippen LogP contribution in [0.2, 0.25) is 0 Å². The molecule has 0 unspecified atom stereocenters. The normalized spacial score (nSPS) is 16.1. The second-order valence-corrected chi connectivity index (χ2v) is 4.71. The predicted molar refractivity (Wildman–Crippen MR) is 72.2 cm³/mol. The van der Waals surface area contributed by atoms with Gasteiger partial charge >= 0.3 is 0 Å². The summed E-state index contributed by atoms with van der Waals surface area (Å²) in [6, 6.07) is 6.63. The molecule has 1 aliphatic rings. The number of ether oxygens (including phenoxy) is 1. The van der Waals surface area contributed by atoms with Crippen LogP contribution in [-0.4, -0.2) is 32.0 Å². The minimum Gasteiger partial charge on any atom is -0.485 e. The highest BCUT2D eigenvalue weighted by atomic mass is 19.3. The Bertz CT molecular complexity index is 449. The van der Waals surface area contributed by atoms with E-state index < -0.39 is 13.0 Å². The zero-order valence-corrected chi connectivity index (χ0v) is 11.1. The summed E-state index contributed by atoms with van der Waals surface area (Å²) in [5, 5.41) is 5.96. The van der Waals surface area contributed by atoms with E-state index in [4.69, 9.17) is 4.74 Å². The number of alkyl halides is 2. The highest BCUT2D eigenvalue weighted by molar-refractivity contribution is 5.94. The summed E-state index contributed by atoms with van der Waals surface area (Å²) >= 11 is 0. The monoisotopic (exact) mass is 284 g/mol. The maximum atomic E-state index is 12.2. The third-order valence-electron chi connectivity index (χ3n) is 3.22. The zero-order chi connectivity index (χ0) is 14.4. The Morgan fingerprint density at radius 1 is 1.35 bits per heavy atom. The molecular weight excluding hydrogens is 266 g/mol. The molecule has 2 rings (SSSR count). The van der Waals surface area contributed by atoms with Crippen LogP contribution >= 0.6 is 0 Å². The first kappa shape index (κ1) is 14.7. The molecule has 1 aromatic rings. The summed E-state index contributed by atoms with van der Waals surface area (Å²) in [5.74, 6) is 0.147. The first-order valence-corrected chi connectivity index (χ1v) is 6.68.